The number of hydrogen-bond acceptors (Lipinski definition) is 6. The van der Waals surface area contributed by atoms with Gasteiger partial charge in [-0.1, -0.05) is 0 Å². The smallest absolute Gasteiger partial charge is 0.275 e. The monoisotopic (exact) mass is 440 g/mol. The summed E-state index contributed by atoms with van der Waals surface area (Å²) in [6.45, 7) is 2.49. The van der Waals surface area contributed by atoms with Gasteiger partial charge >= 0.3 is 0 Å². The lowest BCUT2D eigenvalue weighted by molar-refractivity contribution is 0.102. The topological polar surface area (TPSA) is 127 Å². The van der Waals surface area contributed by atoms with Crippen LogP contribution in [-0.2, 0) is 21.4 Å². The number of carbonyl (C=O) groups is 1. The van der Waals surface area contributed by atoms with Gasteiger partial charge in [0, 0.05) is 29.2 Å². The van der Waals surface area contributed by atoms with Crippen molar-refractivity contribution >= 4 is 39.8 Å². The van der Waals surface area contributed by atoms with Crippen molar-refractivity contribution in [1.82, 2.24) is 4.98 Å². The Bertz CT molecular complexity index is 932. The van der Waals surface area contributed by atoms with Gasteiger partial charge in [-0.25, -0.2) is 13.6 Å². The number of amidine groups is 1. The summed E-state index contributed by atoms with van der Waals surface area (Å²) >= 11 is -0.981. The van der Waals surface area contributed by atoms with Crippen molar-refractivity contribution < 1.29 is 22.7 Å². The summed E-state index contributed by atoms with van der Waals surface area (Å²) < 4.78 is 41.1. The van der Waals surface area contributed by atoms with E-state index in [1.165, 1.54) is 42.0 Å². The number of hydrogen-bond donors (Lipinski definition) is 3. The fourth-order valence-electron chi connectivity index (χ4n) is 3.09. The number of aliphatic imine (C=N–C) groups is 1. The van der Waals surface area contributed by atoms with E-state index in [-0.39, 0.29) is 28.8 Å². The first-order valence-corrected chi connectivity index (χ1v) is 11.0. The molecule has 0 radical (unpaired) electrons. The van der Waals surface area contributed by atoms with Gasteiger partial charge in [-0.2, -0.15) is 0 Å². The highest BCUT2D eigenvalue weighted by atomic mass is 32.2. The van der Waals surface area contributed by atoms with Crippen molar-refractivity contribution in [3.8, 4) is 0 Å². The molecule has 2 aromatic rings. The molecule has 11 heteroatoms. The molecule has 2 heterocycles. The van der Waals surface area contributed by atoms with Crippen molar-refractivity contribution in [3.05, 3.63) is 46.2 Å². The largest absolute Gasteiger partial charge is 0.387 e. The van der Waals surface area contributed by atoms with Crippen LogP contribution in [0.1, 0.15) is 29.4 Å². The third kappa shape index (κ3) is 5.24. The summed E-state index contributed by atoms with van der Waals surface area (Å²) in [6, 6.07) is 3.97. The van der Waals surface area contributed by atoms with Gasteiger partial charge in [-0.05, 0) is 31.5 Å². The maximum absolute atomic E-state index is 14.7. The van der Waals surface area contributed by atoms with Crippen LogP contribution in [0.5, 0.6) is 0 Å². The molecule has 8 nitrogen and oxygen atoms in total. The Labute approximate surface area is 173 Å². The van der Waals surface area contributed by atoms with Crippen LogP contribution in [0.3, 0.4) is 0 Å². The summed E-state index contributed by atoms with van der Waals surface area (Å²) in [5.74, 6) is -1.31. The molecule has 156 valence electrons. The van der Waals surface area contributed by atoms with Crippen molar-refractivity contribution in [1.29, 1.82) is 0 Å². The molecule has 1 aromatic carbocycles. The maximum atomic E-state index is 14.7. The third-order valence-electron chi connectivity index (χ3n) is 4.60. The van der Waals surface area contributed by atoms with Crippen molar-refractivity contribution in [2.24, 2.45) is 16.6 Å². The highest BCUT2D eigenvalue weighted by molar-refractivity contribution is 7.79. The van der Waals surface area contributed by atoms with Gasteiger partial charge < -0.3 is 20.3 Å². The number of halogens is 1. The number of amides is 1. The van der Waals surface area contributed by atoms with Gasteiger partial charge in [0.15, 0.2) is 11.1 Å². The molecule has 1 aliphatic rings. The Balaban J connectivity index is 1.95. The first-order chi connectivity index (χ1) is 13.8. The van der Waals surface area contributed by atoms with E-state index in [9.17, 15) is 17.9 Å². The van der Waals surface area contributed by atoms with Crippen molar-refractivity contribution in [2.45, 2.75) is 18.9 Å². The highest BCUT2D eigenvalue weighted by Gasteiger charge is 2.34. The standard InChI is InChI=1S/C18H21FN4O4S2/c1-18(9-29(25)26,23-16(20)11-4-5-27-7-11)13-6-12(2-3-14(13)19)22-17(24)15-8-28-10-21-15/h2-3,6,8,10-11H,4-5,7,9H2,1H3,(H2,20,23)(H,22,24)(H,25,26)/t11-,18+/m1/s1. The minimum absolute atomic E-state index is 0.0536. The molecule has 0 saturated carbocycles. The van der Waals surface area contributed by atoms with Gasteiger partial charge in [0.2, 0.25) is 0 Å². The second kappa shape index (κ2) is 9.08. The molecule has 1 unspecified atom stereocenters. The average Bonchev–Trinajstić information content (AvgIpc) is 3.36. The normalized spacial score (nSPS) is 20.2. The zero-order valence-corrected chi connectivity index (χ0v) is 17.3. The SMILES string of the molecule is C[C@@](CS(=O)O)(N=C(N)[C@@H]1CCOC1)c1cc(NC(=O)c2cscn2)ccc1F. The van der Waals surface area contributed by atoms with Crippen molar-refractivity contribution in [2.75, 3.05) is 24.3 Å². The third-order valence-corrected chi connectivity index (χ3v) is 5.99. The highest BCUT2D eigenvalue weighted by Crippen LogP contribution is 2.32. The molecule has 3 atom stereocenters. The Morgan fingerprint density at radius 2 is 2.38 bits per heavy atom. The van der Waals surface area contributed by atoms with Crippen LogP contribution in [0.4, 0.5) is 10.1 Å². The van der Waals surface area contributed by atoms with E-state index in [2.05, 4.69) is 15.3 Å². The number of thiazole rings is 1. The number of nitrogens with two attached hydrogens (primary N) is 1. The lowest BCUT2D eigenvalue weighted by Gasteiger charge is -2.27. The summed E-state index contributed by atoms with van der Waals surface area (Å²) in [6.07, 6.45) is 0.680. The Morgan fingerprint density at radius 3 is 3.00 bits per heavy atom. The lowest BCUT2D eigenvalue weighted by Crippen LogP contribution is -2.34. The first-order valence-electron chi connectivity index (χ1n) is 8.78. The van der Waals surface area contributed by atoms with E-state index >= 15 is 0 Å². The van der Waals surface area contributed by atoms with Gasteiger partial charge in [-0.3, -0.25) is 9.79 Å². The number of aromatic nitrogens is 1. The molecular formula is C18H21FN4O4S2. The molecule has 3 rings (SSSR count). The van der Waals surface area contributed by atoms with Crippen LogP contribution in [-0.4, -0.2) is 44.5 Å². The first kappa shape index (κ1) is 21.5. The molecule has 0 aliphatic carbocycles. The van der Waals surface area contributed by atoms with Crippen LogP contribution >= 0.6 is 11.3 Å². The number of nitrogens with one attached hydrogen (secondary N) is 1. The van der Waals surface area contributed by atoms with Crippen molar-refractivity contribution in [3.63, 3.8) is 0 Å². The predicted octanol–water partition coefficient (Wildman–Crippen LogP) is 2.37. The molecule has 4 N–H and O–H groups in total. The van der Waals surface area contributed by atoms with Crippen LogP contribution in [0.25, 0.3) is 0 Å². The molecular weight excluding hydrogens is 419 g/mol. The second-order valence-electron chi connectivity index (χ2n) is 6.86. The average molecular weight is 441 g/mol. The maximum Gasteiger partial charge on any atom is 0.275 e. The van der Waals surface area contributed by atoms with Crippen LogP contribution in [0, 0.1) is 11.7 Å². The fraction of sp³-hybridized carbons (Fsp3) is 0.389. The van der Waals surface area contributed by atoms with Crippen LogP contribution < -0.4 is 11.1 Å². The van der Waals surface area contributed by atoms with Crippen LogP contribution in [0.2, 0.25) is 0 Å². The Hall–Kier alpha value is -2.21. The zero-order valence-electron chi connectivity index (χ0n) is 15.6. The molecule has 1 fully saturated rings. The van der Waals surface area contributed by atoms with E-state index in [1.807, 2.05) is 0 Å². The predicted molar refractivity (Wildman–Crippen MR) is 110 cm³/mol. The number of nitrogens with zero attached hydrogens (tertiary/aromatic N) is 2. The van der Waals surface area contributed by atoms with Gasteiger partial charge in [0.25, 0.3) is 5.91 Å². The number of rotatable bonds is 7. The summed E-state index contributed by atoms with van der Waals surface area (Å²) in [7, 11) is 0. The Kier molecular flexibility index (Phi) is 6.73. The number of anilines is 1. The molecule has 0 spiro atoms. The minimum atomic E-state index is -2.26. The quantitative estimate of drug-likeness (QED) is 0.345. The number of ether oxygens (including phenoxy) is 1. The van der Waals surface area contributed by atoms with E-state index in [0.29, 0.717) is 25.3 Å². The molecule has 1 aliphatic heterocycles. The fourth-order valence-corrected chi connectivity index (χ4v) is 4.32. The molecule has 29 heavy (non-hydrogen) atoms. The van der Waals surface area contributed by atoms with E-state index in [0.717, 1.165) is 0 Å². The Morgan fingerprint density at radius 1 is 1.59 bits per heavy atom. The van der Waals surface area contributed by atoms with E-state index in [4.69, 9.17) is 10.5 Å². The van der Waals surface area contributed by atoms with Crippen LogP contribution in [0.15, 0.2) is 34.1 Å². The number of benzene rings is 1. The summed E-state index contributed by atoms with van der Waals surface area (Å²) in [4.78, 5) is 20.6. The van der Waals surface area contributed by atoms with Gasteiger partial charge in [0.1, 0.15) is 22.9 Å². The second-order valence-corrected chi connectivity index (χ2v) is 8.51. The molecule has 1 amide bonds. The van der Waals surface area contributed by atoms with E-state index in [1.54, 1.807) is 5.38 Å². The molecule has 1 saturated heterocycles. The summed E-state index contributed by atoms with van der Waals surface area (Å²) in [5, 5.41) is 4.24. The molecule has 1 aromatic heterocycles. The number of carbonyl (C=O) groups excluding carboxylic acids is 1. The molecule has 0 bridgehead atoms. The lowest BCUT2D eigenvalue weighted by atomic mass is 9.93. The zero-order chi connectivity index (χ0) is 21.0. The van der Waals surface area contributed by atoms with Gasteiger partial charge in [0.05, 0.1) is 17.9 Å². The van der Waals surface area contributed by atoms with Gasteiger partial charge in [-0.15, -0.1) is 11.3 Å². The summed E-state index contributed by atoms with van der Waals surface area (Å²) in [5.41, 5.74) is 6.83. The minimum Gasteiger partial charge on any atom is -0.387 e. The van der Waals surface area contributed by atoms with E-state index < -0.39 is 28.3 Å².